The topological polar surface area (TPSA) is 21.3 Å². The standard InChI is InChI=1S/C11H12Cl3NO/c1-6-10(2-3-16-6)15-11-5-8(13)7(12)4-9(11)14/h4-6,10,15H,2-3H2,1H3. The highest BCUT2D eigenvalue weighted by molar-refractivity contribution is 6.44. The van der Waals surface area contributed by atoms with Crippen molar-refractivity contribution >= 4 is 40.5 Å². The van der Waals surface area contributed by atoms with E-state index in [4.69, 9.17) is 39.5 Å². The second-order valence-electron chi connectivity index (χ2n) is 3.86. The van der Waals surface area contributed by atoms with Gasteiger partial charge in [-0.3, -0.25) is 0 Å². The molecule has 1 aromatic carbocycles. The molecule has 2 atom stereocenters. The molecule has 2 nitrogen and oxygen atoms in total. The van der Waals surface area contributed by atoms with Crippen molar-refractivity contribution < 1.29 is 4.74 Å². The third-order valence-corrected chi connectivity index (χ3v) is 3.76. The predicted octanol–water partition coefficient (Wildman–Crippen LogP) is 4.24. The molecule has 1 aliphatic heterocycles. The average Bonchev–Trinajstić information content (AvgIpc) is 2.61. The quantitative estimate of drug-likeness (QED) is 0.818. The summed E-state index contributed by atoms with van der Waals surface area (Å²) >= 11 is 17.9. The van der Waals surface area contributed by atoms with Crippen LogP contribution in [-0.4, -0.2) is 18.8 Å². The second-order valence-corrected chi connectivity index (χ2v) is 5.08. The molecule has 1 fully saturated rings. The van der Waals surface area contributed by atoms with Gasteiger partial charge in [-0.15, -0.1) is 0 Å². The van der Waals surface area contributed by atoms with Crippen molar-refractivity contribution in [3.63, 3.8) is 0 Å². The van der Waals surface area contributed by atoms with Crippen molar-refractivity contribution in [2.24, 2.45) is 0 Å². The molecule has 1 saturated heterocycles. The SMILES string of the molecule is CC1OCCC1Nc1cc(Cl)c(Cl)cc1Cl. The Bertz CT molecular complexity index is 397. The first kappa shape index (κ1) is 12.3. The van der Waals surface area contributed by atoms with E-state index in [2.05, 4.69) is 5.32 Å². The zero-order chi connectivity index (χ0) is 11.7. The Morgan fingerprint density at radius 2 is 1.88 bits per heavy atom. The van der Waals surface area contributed by atoms with E-state index >= 15 is 0 Å². The minimum Gasteiger partial charge on any atom is -0.378 e. The smallest absolute Gasteiger partial charge is 0.0748 e. The molecule has 16 heavy (non-hydrogen) atoms. The maximum atomic E-state index is 6.08. The maximum Gasteiger partial charge on any atom is 0.0748 e. The zero-order valence-corrected chi connectivity index (χ0v) is 11.0. The fourth-order valence-electron chi connectivity index (χ4n) is 1.75. The number of ether oxygens (including phenoxy) is 1. The molecule has 88 valence electrons. The van der Waals surface area contributed by atoms with Gasteiger partial charge in [0.25, 0.3) is 0 Å². The zero-order valence-electron chi connectivity index (χ0n) is 8.77. The summed E-state index contributed by atoms with van der Waals surface area (Å²) in [4.78, 5) is 0. The summed E-state index contributed by atoms with van der Waals surface area (Å²) in [5.74, 6) is 0. The number of nitrogens with one attached hydrogen (secondary N) is 1. The molecule has 0 aromatic heterocycles. The van der Waals surface area contributed by atoms with Crippen molar-refractivity contribution in [1.29, 1.82) is 0 Å². The lowest BCUT2D eigenvalue weighted by molar-refractivity contribution is 0.121. The van der Waals surface area contributed by atoms with Gasteiger partial charge < -0.3 is 10.1 Å². The molecular formula is C11H12Cl3NO. The van der Waals surface area contributed by atoms with Gasteiger partial charge in [-0.05, 0) is 25.5 Å². The Morgan fingerprint density at radius 3 is 2.50 bits per heavy atom. The first-order valence-corrected chi connectivity index (χ1v) is 6.24. The molecule has 0 spiro atoms. The largest absolute Gasteiger partial charge is 0.378 e. The van der Waals surface area contributed by atoms with Crippen LogP contribution in [0.2, 0.25) is 15.1 Å². The fourth-order valence-corrected chi connectivity index (χ4v) is 2.36. The van der Waals surface area contributed by atoms with Gasteiger partial charge in [0, 0.05) is 6.61 Å². The van der Waals surface area contributed by atoms with Gasteiger partial charge in [-0.2, -0.15) is 0 Å². The summed E-state index contributed by atoms with van der Waals surface area (Å²) in [6.07, 6.45) is 1.16. The summed E-state index contributed by atoms with van der Waals surface area (Å²) in [7, 11) is 0. The molecule has 0 saturated carbocycles. The molecule has 1 aliphatic rings. The van der Waals surface area contributed by atoms with E-state index in [-0.39, 0.29) is 12.1 Å². The van der Waals surface area contributed by atoms with Crippen LogP contribution in [0.4, 0.5) is 5.69 Å². The number of benzene rings is 1. The highest BCUT2D eigenvalue weighted by atomic mass is 35.5. The van der Waals surface area contributed by atoms with Crippen molar-refractivity contribution in [1.82, 2.24) is 0 Å². The molecule has 1 aromatic rings. The van der Waals surface area contributed by atoms with Gasteiger partial charge in [0.15, 0.2) is 0 Å². The summed E-state index contributed by atoms with van der Waals surface area (Å²) < 4.78 is 5.47. The van der Waals surface area contributed by atoms with Crippen LogP contribution in [0, 0.1) is 0 Å². The summed E-state index contributed by atoms with van der Waals surface area (Å²) in [5.41, 5.74) is 0.804. The Labute approximate surface area is 110 Å². The average molecular weight is 281 g/mol. The monoisotopic (exact) mass is 279 g/mol. The van der Waals surface area contributed by atoms with Gasteiger partial charge >= 0.3 is 0 Å². The molecule has 1 N–H and O–H groups in total. The van der Waals surface area contributed by atoms with Crippen LogP contribution in [0.5, 0.6) is 0 Å². The van der Waals surface area contributed by atoms with Crippen LogP contribution >= 0.6 is 34.8 Å². The Kier molecular flexibility index (Phi) is 3.85. The summed E-state index contributed by atoms with van der Waals surface area (Å²) in [6, 6.07) is 3.67. The van der Waals surface area contributed by atoms with Crippen molar-refractivity contribution in [3.8, 4) is 0 Å². The summed E-state index contributed by atoms with van der Waals surface area (Å²) in [5, 5.41) is 4.87. The van der Waals surface area contributed by atoms with Crippen molar-refractivity contribution in [3.05, 3.63) is 27.2 Å². The van der Waals surface area contributed by atoms with E-state index in [0.717, 1.165) is 18.7 Å². The first-order valence-electron chi connectivity index (χ1n) is 5.10. The summed E-state index contributed by atoms with van der Waals surface area (Å²) in [6.45, 7) is 2.81. The van der Waals surface area contributed by atoms with Crippen molar-refractivity contribution in [2.75, 3.05) is 11.9 Å². The van der Waals surface area contributed by atoms with Crippen LogP contribution in [-0.2, 0) is 4.74 Å². The second kappa shape index (κ2) is 5.01. The molecule has 0 aliphatic carbocycles. The number of hydrogen-bond donors (Lipinski definition) is 1. The van der Waals surface area contributed by atoms with Crippen LogP contribution < -0.4 is 5.32 Å². The third-order valence-electron chi connectivity index (χ3n) is 2.73. The molecular weight excluding hydrogens is 268 g/mol. The van der Waals surface area contributed by atoms with E-state index < -0.39 is 0 Å². The minimum atomic E-state index is 0.186. The Balaban J connectivity index is 2.18. The Hall–Kier alpha value is -0.150. The lowest BCUT2D eigenvalue weighted by atomic mass is 10.1. The number of rotatable bonds is 2. The molecule has 0 bridgehead atoms. The van der Waals surface area contributed by atoms with Gasteiger partial charge in [0.1, 0.15) is 0 Å². The maximum absolute atomic E-state index is 6.08. The van der Waals surface area contributed by atoms with E-state index in [1.165, 1.54) is 0 Å². The van der Waals surface area contributed by atoms with Gasteiger partial charge in [-0.25, -0.2) is 0 Å². The molecule has 5 heteroatoms. The fraction of sp³-hybridized carbons (Fsp3) is 0.455. The molecule has 2 unspecified atom stereocenters. The van der Waals surface area contributed by atoms with Gasteiger partial charge in [0.05, 0.1) is 32.9 Å². The normalized spacial score (nSPS) is 24.8. The van der Waals surface area contributed by atoms with Crippen molar-refractivity contribution in [2.45, 2.75) is 25.5 Å². The first-order chi connectivity index (χ1) is 7.58. The van der Waals surface area contributed by atoms with E-state index in [1.807, 2.05) is 6.92 Å². The number of halogens is 3. The Morgan fingerprint density at radius 1 is 1.19 bits per heavy atom. The minimum absolute atomic E-state index is 0.186. The van der Waals surface area contributed by atoms with Crippen LogP contribution in [0.25, 0.3) is 0 Å². The lowest BCUT2D eigenvalue weighted by Crippen LogP contribution is -2.26. The number of anilines is 1. The van der Waals surface area contributed by atoms with Crippen LogP contribution in [0.15, 0.2) is 12.1 Å². The molecule has 0 radical (unpaired) electrons. The van der Waals surface area contributed by atoms with Gasteiger partial charge in [0.2, 0.25) is 0 Å². The predicted molar refractivity (Wildman–Crippen MR) is 68.9 cm³/mol. The lowest BCUT2D eigenvalue weighted by Gasteiger charge is -2.18. The molecule has 0 amide bonds. The third kappa shape index (κ3) is 2.57. The highest BCUT2D eigenvalue weighted by Gasteiger charge is 2.24. The van der Waals surface area contributed by atoms with E-state index in [0.29, 0.717) is 15.1 Å². The molecule has 1 heterocycles. The molecule has 2 rings (SSSR count). The number of hydrogen-bond acceptors (Lipinski definition) is 2. The van der Waals surface area contributed by atoms with E-state index in [9.17, 15) is 0 Å². The van der Waals surface area contributed by atoms with E-state index in [1.54, 1.807) is 12.1 Å². The van der Waals surface area contributed by atoms with Crippen LogP contribution in [0.1, 0.15) is 13.3 Å². The van der Waals surface area contributed by atoms with Gasteiger partial charge in [-0.1, -0.05) is 34.8 Å². The van der Waals surface area contributed by atoms with Crippen LogP contribution in [0.3, 0.4) is 0 Å². The highest BCUT2D eigenvalue weighted by Crippen LogP contribution is 2.33.